The van der Waals surface area contributed by atoms with Gasteiger partial charge in [0.2, 0.25) is 0 Å². The minimum absolute atomic E-state index is 0.496. The lowest BCUT2D eigenvalue weighted by atomic mass is 10.2. The highest BCUT2D eigenvalue weighted by molar-refractivity contribution is 7.08. The van der Waals surface area contributed by atoms with Gasteiger partial charge in [-0.05, 0) is 29.6 Å². The minimum atomic E-state index is 0.496. The first-order chi connectivity index (χ1) is 7.29. The predicted octanol–water partition coefficient (Wildman–Crippen LogP) is 2.95. The van der Waals surface area contributed by atoms with Crippen molar-refractivity contribution in [2.75, 3.05) is 11.1 Å². The Hall–Kier alpha value is -1.99. The van der Waals surface area contributed by atoms with E-state index in [1.807, 2.05) is 22.9 Å². The summed E-state index contributed by atoms with van der Waals surface area (Å²) in [4.78, 5) is 0. The number of nitriles is 1. The van der Waals surface area contributed by atoms with E-state index in [-0.39, 0.29) is 0 Å². The van der Waals surface area contributed by atoms with Crippen LogP contribution in [0.1, 0.15) is 5.56 Å². The fraction of sp³-hybridized carbons (Fsp3) is 0. The van der Waals surface area contributed by atoms with Crippen molar-refractivity contribution < 1.29 is 0 Å². The van der Waals surface area contributed by atoms with Crippen molar-refractivity contribution in [2.45, 2.75) is 0 Å². The van der Waals surface area contributed by atoms with Crippen LogP contribution < -0.4 is 11.1 Å². The second-order valence-corrected chi connectivity index (χ2v) is 3.83. The normalized spacial score (nSPS) is 9.53. The standard InChI is InChI=1S/C11H9N3S/c12-6-8-5-9(1-2-11(8)13)14-10-3-4-15-7-10/h1-5,7,14H,13H2. The Morgan fingerprint density at radius 1 is 1.27 bits per heavy atom. The zero-order valence-electron chi connectivity index (χ0n) is 7.90. The molecule has 2 rings (SSSR count). The number of hydrogen-bond donors (Lipinski definition) is 2. The number of anilines is 3. The van der Waals surface area contributed by atoms with E-state index in [0.717, 1.165) is 11.4 Å². The molecule has 0 spiro atoms. The van der Waals surface area contributed by atoms with Gasteiger partial charge in [0, 0.05) is 22.4 Å². The van der Waals surface area contributed by atoms with Crippen molar-refractivity contribution in [3.63, 3.8) is 0 Å². The number of benzene rings is 1. The Labute approximate surface area is 91.8 Å². The van der Waals surface area contributed by atoms with E-state index in [9.17, 15) is 0 Å². The monoisotopic (exact) mass is 215 g/mol. The third-order valence-corrected chi connectivity index (χ3v) is 2.67. The summed E-state index contributed by atoms with van der Waals surface area (Å²) in [6.07, 6.45) is 0. The van der Waals surface area contributed by atoms with Gasteiger partial charge in [0.25, 0.3) is 0 Å². The fourth-order valence-electron chi connectivity index (χ4n) is 1.23. The molecule has 0 amide bonds. The average Bonchev–Trinajstić information content (AvgIpc) is 2.73. The Bertz CT molecular complexity index is 497. The van der Waals surface area contributed by atoms with Crippen molar-refractivity contribution in [3.05, 3.63) is 40.6 Å². The van der Waals surface area contributed by atoms with E-state index < -0.39 is 0 Å². The molecule has 0 radical (unpaired) electrons. The summed E-state index contributed by atoms with van der Waals surface area (Å²) >= 11 is 1.62. The lowest BCUT2D eigenvalue weighted by Gasteiger charge is -2.05. The summed E-state index contributed by atoms with van der Waals surface area (Å²) < 4.78 is 0. The van der Waals surface area contributed by atoms with Gasteiger partial charge < -0.3 is 11.1 Å². The Morgan fingerprint density at radius 2 is 2.13 bits per heavy atom. The zero-order valence-corrected chi connectivity index (χ0v) is 8.71. The molecule has 0 aliphatic rings. The van der Waals surface area contributed by atoms with Crippen molar-refractivity contribution in [3.8, 4) is 6.07 Å². The maximum Gasteiger partial charge on any atom is 0.101 e. The van der Waals surface area contributed by atoms with Crippen LogP contribution in [-0.2, 0) is 0 Å². The van der Waals surface area contributed by atoms with E-state index in [1.54, 1.807) is 23.5 Å². The molecule has 4 heteroatoms. The maximum atomic E-state index is 8.81. The van der Waals surface area contributed by atoms with Gasteiger partial charge in [0.15, 0.2) is 0 Å². The summed E-state index contributed by atoms with van der Waals surface area (Å²) in [7, 11) is 0. The van der Waals surface area contributed by atoms with Crippen LogP contribution in [-0.4, -0.2) is 0 Å². The first kappa shape index (κ1) is 9.56. The molecule has 1 heterocycles. The molecular formula is C11H9N3S. The zero-order chi connectivity index (χ0) is 10.7. The number of nitrogens with zero attached hydrogens (tertiary/aromatic N) is 1. The molecule has 1 aromatic carbocycles. The molecule has 0 saturated carbocycles. The van der Waals surface area contributed by atoms with Crippen molar-refractivity contribution in [1.82, 2.24) is 0 Å². The number of nitrogens with one attached hydrogen (secondary N) is 1. The quantitative estimate of drug-likeness (QED) is 0.757. The third-order valence-electron chi connectivity index (χ3n) is 1.98. The topological polar surface area (TPSA) is 61.8 Å². The molecule has 2 aromatic rings. The van der Waals surface area contributed by atoms with Crippen molar-refractivity contribution >= 4 is 28.4 Å². The lowest BCUT2D eigenvalue weighted by Crippen LogP contribution is -1.93. The van der Waals surface area contributed by atoms with Crippen LogP contribution in [0, 0.1) is 11.3 Å². The summed E-state index contributed by atoms with van der Waals surface area (Å²) in [6.45, 7) is 0. The fourth-order valence-corrected chi connectivity index (χ4v) is 1.82. The van der Waals surface area contributed by atoms with E-state index in [1.165, 1.54) is 0 Å². The molecule has 0 fully saturated rings. The summed E-state index contributed by atoms with van der Waals surface area (Å²) in [5, 5.41) is 16.0. The number of nitrogens with two attached hydrogens (primary N) is 1. The molecule has 0 aliphatic heterocycles. The first-order valence-electron chi connectivity index (χ1n) is 4.38. The molecule has 0 aliphatic carbocycles. The van der Waals surface area contributed by atoms with Crippen LogP contribution in [0.3, 0.4) is 0 Å². The second-order valence-electron chi connectivity index (χ2n) is 3.05. The Kier molecular flexibility index (Phi) is 2.57. The molecule has 74 valence electrons. The first-order valence-corrected chi connectivity index (χ1v) is 5.33. The molecule has 3 N–H and O–H groups in total. The van der Waals surface area contributed by atoms with Gasteiger partial charge in [-0.3, -0.25) is 0 Å². The average molecular weight is 215 g/mol. The van der Waals surface area contributed by atoms with Crippen molar-refractivity contribution in [1.29, 1.82) is 5.26 Å². The molecule has 15 heavy (non-hydrogen) atoms. The van der Waals surface area contributed by atoms with Crippen molar-refractivity contribution in [2.24, 2.45) is 0 Å². The highest BCUT2D eigenvalue weighted by Gasteiger charge is 2.00. The van der Waals surface area contributed by atoms with Crippen LogP contribution in [0.4, 0.5) is 17.1 Å². The van der Waals surface area contributed by atoms with Crippen LogP contribution in [0.15, 0.2) is 35.0 Å². The molecule has 0 bridgehead atoms. The van der Waals surface area contributed by atoms with Crippen LogP contribution in [0.25, 0.3) is 0 Å². The molecule has 0 atom stereocenters. The van der Waals surface area contributed by atoms with Gasteiger partial charge in [-0.15, -0.1) is 0 Å². The predicted molar refractivity (Wildman–Crippen MR) is 63.2 cm³/mol. The Balaban J connectivity index is 2.27. The Morgan fingerprint density at radius 3 is 2.80 bits per heavy atom. The highest BCUT2D eigenvalue weighted by atomic mass is 32.1. The molecular weight excluding hydrogens is 206 g/mol. The molecule has 1 aromatic heterocycles. The van der Waals surface area contributed by atoms with Gasteiger partial charge in [0.1, 0.15) is 6.07 Å². The van der Waals surface area contributed by atoms with Gasteiger partial charge in [-0.1, -0.05) is 0 Å². The third kappa shape index (κ3) is 2.09. The largest absolute Gasteiger partial charge is 0.398 e. The number of nitrogen functional groups attached to an aromatic ring is 1. The van der Waals surface area contributed by atoms with E-state index in [4.69, 9.17) is 11.0 Å². The van der Waals surface area contributed by atoms with Gasteiger partial charge in [-0.25, -0.2) is 0 Å². The van der Waals surface area contributed by atoms with E-state index in [2.05, 4.69) is 11.4 Å². The van der Waals surface area contributed by atoms with Gasteiger partial charge >= 0.3 is 0 Å². The number of rotatable bonds is 2. The number of thiophene rings is 1. The van der Waals surface area contributed by atoms with Gasteiger partial charge in [0.05, 0.1) is 5.56 Å². The second kappa shape index (κ2) is 4.03. The highest BCUT2D eigenvalue weighted by Crippen LogP contribution is 2.22. The van der Waals surface area contributed by atoms with Crippen LogP contribution in [0.5, 0.6) is 0 Å². The van der Waals surface area contributed by atoms with E-state index in [0.29, 0.717) is 11.3 Å². The van der Waals surface area contributed by atoms with Gasteiger partial charge in [-0.2, -0.15) is 16.6 Å². The smallest absolute Gasteiger partial charge is 0.101 e. The SMILES string of the molecule is N#Cc1cc(Nc2ccsc2)ccc1N. The molecule has 0 saturated heterocycles. The minimum Gasteiger partial charge on any atom is -0.398 e. The number of hydrogen-bond acceptors (Lipinski definition) is 4. The summed E-state index contributed by atoms with van der Waals surface area (Å²) in [5.41, 5.74) is 8.52. The molecule has 0 unspecified atom stereocenters. The lowest BCUT2D eigenvalue weighted by molar-refractivity contribution is 1.47. The molecule has 3 nitrogen and oxygen atoms in total. The van der Waals surface area contributed by atoms with E-state index >= 15 is 0 Å². The van der Waals surface area contributed by atoms with Crippen LogP contribution in [0.2, 0.25) is 0 Å². The van der Waals surface area contributed by atoms with Crippen LogP contribution >= 0.6 is 11.3 Å². The maximum absolute atomic E-state index is 8.81. The summed E-state index contributed by atoms with van der Waals surface area (Å²) in [6, 6.07) is 9.36. The summed E-state index contributed by atoms with van der Waals surface area (Å²) in [5.74, 6) is 0.